The zero-order valence-corrected chi connectivity index (χ0v) is 14.1. The Kier molecular flexibility index (Phi) is 4.60. The predicted octanol–water partition coefficient (Wildman–Crippen LogP) is 1.66. The van der Waals surface area contributed by atoms with Gasteiger partial charge in [-0.05, 0) is 37.0 Å². The Labute approximate surface area is 141 Å². The molecule has 0 radical (unpaired) electrons. The first-order chi connectivity index (χ1) is 11.4. The highest BCUT2D eigenvalue weighted by Crippen LogP contribution is 2.35. The molecule has 1 atom stereocenters. The molecule has 0 saturated carbocycles. The van der Waals surface area contributed by atoms with E-state index in [2.05, 4.69) is 6.07 Å². The van der Waals surface area contributed by atoms with Crippen LogP contribution in [0.2, 0.25) is 0 Å². The Morgan fingerprint density at radius 3 is 2.58 bits per heavy atom. The normalized spacial score (nSPS) is 22.2. The molecule has 0 bridgehead atoms. The number of carboxylic acid groups (broad SMARTS) is 1. The lowest BCUT2D eigenvalue weighted by molar-refractivity contribution is -0.152. The topological polar surface area (TPSA) is 76.1 Å². The van der Waals surface area contributed by atoms with Gasteiger partial charge in [-0.25, -0.2) is 4.79 Å². The van der Waals surface area contributed by atoms with Crippen LogP contribution in [0.25, 0.3) is 0 Å². The van der Waals surface area contributed by atoms with Gasteiger partial charge in [0.1, 0.15) is 6.04 Å². The van der Waals surface area contributed by atoms with Crippen LogP contribution in [0.1, 0.15) is 29.5 Å². The molecule has 6 heteroatoms. The van der Waals surface area contributed by atoms with E-state index in [0.29, 0.717) is 19.6 Å². The molecule has 6 nitrogen and oxygen atoms in total. The van der Waals surface area contributed by atoms with Crippen molar-refractivity contribution in [1.29, 1.82) is 0 Å². The van der Waals surface area contributed by atoms with Gasteiger partial charge in [0, 0.05) is 12.8 Å². The molecule has 24 heavy (non-hydrogen) atoms. The van der Waals surface area contributed by atoms with E-state index in [1.165, 1.54) is 16.0 Å². The van der Waals surface area contributed by atoms with Gasteiger partial charge in [0.25, 0.3) is 0 Å². The van der Waals surface area contributed by atoms with Crippen molar-refractivity contribution in [2.24, 2.45) is 0 Å². The molecule has 1 spiro atoms. The van der Waals surface area contributed by atoms with Crippen molar-refractivity contribution >= 4 is 11.9 Å². The summed E-state index contributed by atoms with van der Waals surface area (Å²) < 4.78 is 11.1. The molecule has 2 aliphatic rings. The van der Waals surface area contributed by atoms with E-state index in [9.17, 15) is 14.7 Å². The van der Waals surface area contributed by atoms with Gasteiger partial charge in [0.2, 0.25) is 5.91 Å². The van der Waals surface area contributed by atoms with Crippen LogP contribution in [0.15, 0.2) is 18.2 Å². The average Bonchev–Trinajstić information content (AvgIpc) is 3.16. The van der Waals surface area contributed by atoms with Crippen molar-refractivity contribution in [1.82, 2.24) is 4.90 Å². The molecule has 1 amide bonds. The third-order valence-electron chi connectivity index (χ3n) is 4.91. The highest BCUT2D eigenvalue weighted by molar-refractivity contribution is 5.84. The van der Waals surface area contributed by atoms with Crippen LogP contribution >= 0.6 is 0 Å². The van der Waals surface area contributed by atoms with E-state index < -0.39 is 17.8 Å². The summed E-state index contributed by atoms with van der Waals surface area (Å²) in [6.07, 6.45) is 1.07. The third-order valence-corrected chi connectivity index (χ3v) is 4.91. The molecule has 1 aromatic rings. The van der Waals surface area contributed by atoms with E-state index in [1.54, 1.807) is 0 Å². The first kappa shape index (κ1) is 16.9. The Hall–Kier alpha value is -1.92. The fourth-order valence-corrected chi connectivity index (χ4v) is 3.38. The molecule has 2 fully saturated rings. The maximum Gasteiger partial charge on any atom is 0.326 e. The molecule has 2 aliphatic heterocycles. The van der Waals surface area contributed by atoms with E-state index in [0.717, 1.165) is 5.56 Å². The van der Waals surface area contributed by atoms with Crippen molar-refractivity contribution < 1.29 is 24.2 Å². The number of ether oxygens (including phenoxy) is 2. The second-order valence-electron chi connectivity index (χ2n) is 6.61. The van der Waals surface area contributed by atoms with Gasteiger partial charge in [0.05, 0.1) is 19.8 Å². The van der Waals surface area contributed by atoms with Gasteiger partial charge in [-0.3, -0.25) is 4.79 Å². The lowest BCUT2D eigenvalue weighted by Crippen LogP contribution is -2.41. The van der Waals surface area contributed by atoms with Crippen molar-refractivity contribution in [3.63, 3.8) is 0 Å². The number of rotatable bonds is 4. The quantitative estimate of drug-likeness (QED) is 0.907. The highest BCUT2D eigenvalue weighted by Gasteiger charge is 2.52. The molecule has 130 valence electrons. The van der Waals surface area contributed by atoms with E-state index in [1.807, 2.05) is 26.0 Å². The van der Waals surface area contributed by atoms with Crippen LogP contribution in [0, 0.1) is 13.8 Å². The maximum absolute atomic E-state index is 12.6. The smallest absolute Gasteiger partial charge is 0.326 e. The summed E-state index contributed by atoms with van der Waals surface area (Å²) in [5, 5.41) is 9.42. The minimum Gasteiger partial charge on any atom is -0.480 e. The van der Waals surface area contributed by atoms with Crippen LogP contribution in [-0.2, 0) is 25.5 Å². The number of benzene rings is 1. The molecule has 2 heterocycles. The molecule has 0 aliphatic carbocycles. The molecule has 0 aromatic heterocycles. The number of aryl methyl sites for hydroxylation is 3. The Morgan fingerprint density at radius 1 is 1.25 bits per heavy atom. The summed E-state index contributed by atoms with van der Waals surface area (Å²) in [5.74, 6) is -2.11. The van der Waals surface area contributed by atoms with E-state index >= 15 is 0 Å². The monoisotopic (exact) mass is 333 g/mol. The predicted molar refractivity (Wildman–Crippen MR) is 86.6 cm³/mol. The maximum atomic E-state index is 12.6. The fourth-order valence-electron chi connectivity index (χ4n) is 3.38. The second-order valence-corrected chi connectivity index (χ2v) is 6.61. The van der Waals surface area contributed by atoms with Gasteiger partial charge in [-0.2, -0.15) is 0 Å². The van der Waals surface area contributed by atoms with Gasteiger partial charge >= 0.3 is 5.97 Å². The number of likely N-dealkylation sites (tertiary alicyclic amines) is 1. The van der Waals surface area contributed by atoms with Crippen LogP contribution in [0.5, 0.6) is 0 Å². The number of amides is 1. The average molecular weight is 333 g/mol. The number of nitrogens with zero attached hydrogens (tertiary/aromatic N) is 1. The van der Waals surface area contributed by atoms with Gasteiger partial charge in [0.15, 0.2) is 5.79 Å². The molecule has 2 saturated heterocycles. The van der Waals surface area contributed by atoms with Crippen LogP contribution in [-0.4, -0.2) is 53.5 Å². The van der Waals surface area contributed by atoms with Crippen LogP contribution in [0.3, 0.4) is 0 Å². The number of hydrogen-bond acceptors (Lipinski definition) is 4. The standard InChI is InChI=1S/C18H23NO5/c1-12-3-4-14(9-13(12)2)5-6-16(20)19-11-18(23-7-8-24-18)10-15(19)17(21)22/h3-4,9,15H,5-8,10-11H2,1-2H3,(H,21,22)/t15-/m0/s1. The van der Waals surface area contributed by atoms with Crippen molar-refractivity contribution in [3.05, 3.63) is 34.9 Å². The summed E-state index contributed by atoms with van der Waals surface area (Å²) in [4.78, 5) is 25.5. The number of aliphatic carboxylic acids is 1. The van der Waals surface area contributed by atoms with Crippen molar-refractivity contribution in [3.8, 4) is 0 Å². The second kappa shape index (κ2) is 6.53. The van der Waals surface area contributed by atoms with Crippen LogP contribution in [0.4, 0.5) is 0 Å². The molecule has 3 rings (SSSR count). The Balaban J connectivity index is 1.66. The van der Waals surface area contributed by atoms with Gasteiger partial charge in [-0.15, -0.1) is 0 Å². The zero-order chi connectivity index (χ0) is 17.3. The molecule has 1 N–H and O–H groups in total. The summed E-state index contributed by atoms with van der Waals surface area (Å²) in [6, 6.07) is 5.25. The Morgan fingerprint density at radius 2 is 1.96 bits per heavy atom. The zero-order valence-electron chi connectivity index (χ0n) is 14.1. The molecule has 0 unspecified atom stereocenters. The van der Waals surface area contributed by atoms with Crippen LogP contribution < -0.4 is 0 Å². The first-order valence-electron chi connectivity index (χ1n) is 8.26. The fraction of sp³-hybridized carbons (Fsp3) is 0.556. The van der Waals surface area contributed by atoms with Crippen molar-refractivity contribution in [2.75, 3.05) is 19.8 Å². The van der Waals surface area contributed by atoms with E-state index in [4.69, 9.17) is 9.47 Å². The molecule has 1 aromatic carbocycles. The number of carboxylic acids is 1. The van der Waals surface area contributed by atoms with Gasteiger partial charge < -0.3 is 19.5 Å². The third kappa shape index (κ3) is 3.30. The van der Waals surface area contributed by atoms with Gasteiger partial charge in [-0.1, -0.05) is 18.2 Å². The summed E-state index contributed by atoms with van der Waals surface area (Å²) in [6.45, 7) is 5.16. The first-order valence-corrected chi connectivity index (χ1v) is 8.26. The molecular formula is C18H23NO5. The Bertz CT molecular complexity index is 651. The SMILES string of the molecule is Cc1ccc(CCC(=O)N2CC3(C[C@H]2C(=O)O)OCCO3)cc1C. The largest absolute Gasteiger partial charge is 0.480 e. The summed E-state index contributed by atoms with van der Waals surface area (Å²) in [7, 11) is 0. The summed E-state index contributed by atoms with van der Waals surface area (Å²) in [5.41, 5.74) is 3.49. The van der Waals surface area contributed by atoms with E-state index in [-0.39, 0.29) is 25.3 Å². The number of carbonyl (C=O) groups excluding carboxylic acids is 1. The minimum atomic E-state index is -1.01. The highest BCUT2D eigenvalue weighted by atomic mass is 16.7. The lowest BCUT2D eigenvalue weighted by atomic mass is 10.0. The number of carbonyl (C=O) groups is 2. The minimum absolute atomic E-state index is 0.170. The number of hydrogen-bond donors (Lipinski definition) is 1. The lowest BCUT2D eigenvalue weighted by Gasteiger charge is -2.23. The van der Waals surface area contributed by atoms with Crippen molar-refractivity contribution in [2.45, 2.75) is 44.9 Å². The molecular weight excluding hydrogens is 310 g/mol. The summed E-state index contributed by atoms with van der Waals surface area (Å²) >= 11 is 0.